The molecule has 1 heterocycles. The highest BCUT2D eigenvalue weighted by molar-refractivity contribution is 6.06. The minimum atomic E-state index is 0.148. The maximum Gasteiger partial charge on any atom is 0.255 e. The van der Waals surface area contributed by atoms with Gasteiger partial charge in [0, 0.05) is 30.7 Å². The number of aromatic nitrogens is 1. The molecule has 0 saturated heterocycles. The predicted molar refractivity (Wildman–Crippen MR) is 84.2 cm³/mol. The average molecular weight is 282 g/mol. The Balaban J connectivity index is 1.51. The van der Waals surface area contributed by atoms with Crippen molar-refractivity contribution in [3.05, 3.63) is 36.0 Å². The number of hydrogen-bond acceptors (Lipinski definition) is 1. The van der Waals surface area contributed by atoms with Crippen molar-refractivity contribution < 1.29 is 4.79 Å². The number of hydrogen-bond donors (Lipinski definition) is 1. The summed E-state index contributed by atoms with van der Waals surface area (Å²) in [5.74, 6) is 2.68. The van der Waals surface area contributed by atoms with Crippen LogP contribution in [0.2, 0.25) is 0 Å². The van der Waals surface area contributed by atoms with Gasteiger partial charge in [0.25, 0.3) is 5.91 Å². The summed E-state index contributed by atoms with van der Waals surface area (Å²) in [6, 6.07) is 8.02. The Hall–Kier alpha value is -1.77. The van der Waals surface area contributed by atoms with Crippen LogP contribution in [-0.4, -0.2) is 29.4 Å². The second-order valence-electron chi connectivity index (χ2n) is 6.87. The van der Waals surface area contributed by atoms with Crippen LogP contribution in [0.15, 0.2) is 30.5 Å². The van der Waals surface area contributed by atoms with Gasteiger partial charge in [0.15, 0.2) is 0 Å². The third-order valence-corrected chi connectivity index (χ3v) is 5.56. The zero-order valence-corrected chi connectivity index (χ0v) is 12.5. The molecule has 3 atom stereocenters. The number of amides is 1. The molecule has 0 radical (unpaired) electrons. The molecule has 3 unspecified atom stereocenters. The van der Waals surface area contributed by atoms with Crippen LogP contribution in [0.4, 0.5) is 0 Å². The first kappa shape index (κ1) is 12.9. The maximum atomic E-state index is 12.7. The predicted octanol–water partition coefficient (Wildman–Crippen LogP) is 3.68. The number of carbonyl (C=O) groups excluding carboxylic acids is 1. The summed E-state index contributed by atoms with van der Waals surface area (Å²) in [5.41, 5.74) is 1.84. The summed E-state index contributed by atoms with van der Waals surface area (Å²) < 4.78 is 0. The lowest BCUT2D eigenvalue weighted by Crippen LogP contribution is -2.33. The van der Waals surface area contributed by atoms with E-state index in [0.717, 1.165) is 40.8 Å². The van der Waals surface area contributed by atoms with Crippen molar-refractivity contribution in [2.24, 2.45) is 17.8 Å². The van der Waals surface area contributed by atoms with E-state index in [4.69, 9.17) is 0 Å². The van der Waals surface area contributed by atoms with Crippen LogP contribution in [-0.2, 0) is 0 Å². The molecule has 3 heteroatoms. The molecule has 0 spiro atoms. The molecule has 2 aliphatic rings. The largest absolute Gasteiger partial charge is 0.360 e. The normalized spacial score (nSPS) is 27.4. The number of para-hydroxylation sites is 1. The van der Waals surface area contributed by atoms with Crippen molar-refractivity contribution in [1.82, 2.24) is 9.88 Å². The second kappa shape index (κ2) is 4.90. The second-order valence-corrected chi connectivity index (χ2v) is 6.87. The molecule has 1 N–H and O–H groups in total. The van der Waals surface area contributed by atoms with Crippen LogP contribution in [0.3, 0.4) is 0 Å². The first-order valence-corrected chi connectivity index (χ1v) is 8.04. The average Bonchev–Trinajstić information content (AvgIpc) is 3.21. The van der Waals surface area contributed by atoms with E-state index in [-0.39, 0.29) is 5.91 Å². The fraction of sp³-hybridized carbons (Fsp3) is 0.500. The molecular weight excluding hydrogens is 260 g/mol. The first-order chi connectivity index (χ1) is 10.2. The summed E-state index contributed by atoms with van der Waals surface area (Å²) >= 11 is 0. The Bertz CT molecular complexity index is 675. The number of aromatic amines is 1. The summed E-state index contributed by atoms with van der Waals surface area (Å²) in [6.45, 7) is 0.916. The summed E-state index contributed by atoms with van der Waals surface area (Å²) in [6.07, 6.45) is 7.38. The van der Waals surface area contributed by atoms with Gasteiger partial charge >= 0.3 is 0 Å². The number of benzene rings is 1. The van der Waals surface area contributed by atoms with Crippen molar-refractivity contribution >= 4 is 16.8 Å². The Labute approximate surface area is 125 Å². The highest BCUT2D eigenvalue weighted by Gasteiger charge is 2.40. The molecule has 21 heavy (non-hydrogen) atoms. The van der Waals surface area contributed by atoms with E-state index in [1.807, 2.05) is 42.4 Å². The molecule has 3 nitrogen and oxygen atoms in total. The van der Waals surface area contributed by atoms with E-state index in [2.05, 4.69) is 4.98 Å². The van der Waals surface area contributed by atoms with Crippen LogP contribution < -0.4 is 0 Å². The fourth-order valence-corrected chi connectivity index (χ4v) is 4.49. The molecule has 2 aromatic rings. The smallest absolute Gasteiger partial charge is 0.255 e. The zero-order valence-electron chi connectivity index (χ0n) is 12.5. The van der Waals surface area contributed by atoms with Crippen LogP contribution in [0.1, 0.15) is 36.0 Å². The van der Waals surface area contributed by atoms with E-state index in [1.54, 1.807) is 0 Å². The molecule has 1 aromatic heterocycles. The molecule has 1 amide bonds. The fourth-order valence-electron chi connectivity index (χ4n) is 4.49. The molecule has 2 bridgehead atoms. The van der Waals surface area contributed by atoms with E-state index in [1.165, 1.54) is 25.7 Å². The lowest BCUT2D eigenvalue weighted by atomic mass is 9.88. The van der Waals surface area contributed by atoms with Crippen molar-refractivity contribution in [2.45, 2.75) is 25.7 Å². The van der Waals surface area contributed by atoms with Gasteiger partial charge in [0.2, 0.25) is 0 Å². The van der Waals surface area contributed by atoms with Gasteiger partial charge in [0.1, 0.15) is 0 Å². The maximum absolute atomic E-state index is 12.7. The Kier molecular flexibility index (Phi) is 3.02. The molecule has 1 aromatic carbocycles. The minimum Gasteiger partial charge on any atom is -0.360 e. The van der Waals surface area contributed by atoms with Crippen LogP contribution >= 0.6 is 0 Å². The minimum absolute atomic E-state index is 0.148. The monoisotopic (exact) mass is 282 g/mol. The van der Waals surface area contributed by atoms with E-state index >= 15 is 0 Å². The molecule has 0 aliphatic heterocycles. The summed E-state index contributed by atoms with van der Waals surface area (Å²) in [5, 5.41) is 1.03. The highest BCUT2D eigenvalue weighted by Crippen LogP contribution is 2.48. The number of rotatable bonds is 3. The molecule has 2 aliphatic carbocycles. The number of fused-ring (bicyclic) bond motifs is 3. The Morgan fingerprint density at radius 1 is 1.29 bits per heavy atom. The van der Waals surface area contributed by atoms with Crippen molar-refractivity contribution in [1.29, 1.82) is 0 Å². The van der Waals surface area contributed by atoms with Gasteiger partial charge < -0.3 is 9.88 Å². The third kappa shape index (κ3) is 2.15. The van der Waals surface area contributed by atoms with Gasteiger partial charge in [-0.1, -0.05) is 24.6 Å². The topological polar surface area (TPSA) is 36.1 Å². The Morgan fingerprint density at radius 2 is 2.14 bits per heavy atom. The summed E-state index contributed by atoms with van der Waals surface area (Å²) in [4.78, 5) is 17.8. The van der Waals surface area contributed by atoms with E-state index in [0.29, 0.717) is 0 Å². The molecule has 2 fully saturated rings. The molecule has 2 saturated carbocycles. The molecular formula is C18H22N2O. The Morgan fingerprint density at radius 3 is 2.90 bits per heavy atom. The third-order valence-electron chi connectivity index (χ3n) is 5.56. The van der Waals surface area contributed by atoms with Gasteiger partial charge in [-0.2, -0.15) is 0 Å². The van der Waals surface area contributed by atoms with Gasteiger partial charge in [-0.15, -0.1) is 0 Å². The van der Waals surface area contributed by atoms with Gasteiger partial charge in [-0.25, -0.2) is 0 Å². The van der Waals surface area contributed by atoms with Crippen LogP contribution in [0.25, 0.3) is 10.9 Å². The quantitative estimate of drug-likeness (QED) is 0.916. The van der Waals surface area contributed by atoms with Gasteiger partial charge in [-0.3, -0.25) is 4.79 Å². The van der Waals surface area contributed by atoms with Crippen LogP contribution in [0, 0.1) is 17.8 Å². The van der Waals surface area contributed by atoms with Gasteiger partial charge in [0.05, 0.1) is 5.56 Å². The number of nitrogens with one attached hydrogen (secondary N) is 1. The van der Waals surface area contributed by atoms with Crippen molar-refractivity contribution in [2.75, 3.05) is 13.6 Å². The lowest BCUT2D eigenvalue weighted by molar-refractivity contribution is 0.0756. The first-order valence-electron chi connectivity index (χ1n) is 8.04. The summed E-state index contributed by atoms with van der Waals surface area (Å²) in [7, 11) is 1.95. The SMILES string of the molecule is CN(CC1CC2CCC1C2)C(=O)c1c[nH]c2ccccc12. The lowest BCUT2D eigenvalue weighted by Gasteiger charge is -2.27. The molecule has 110 valence electrons. The van der Waals surface area contributed by atoms with E-state index in [9.17, 15) is 4.79 Å². The number of H-pyrrole nitrogens is 1. The van der Waals surface area contributed by atoms with Crippen molar-refractivity contribution in [3.8, 4) is 0 Å². The standard InChI is InChI=1S/C18H22N2O/c1-20(11-14-9-12-6-7-13(14)8-12)18(21)16-10-19-17-5-3-2-4-15(16)17/h2-5,10,12-14,19H,6-9,11H2,1H3. The van der Waals surface area contributed by atoms with Gasteiger partial charge in [-0.05, 0) is 43.1 Å². The van der Waals surface area contributed by atoms with Crippen LogP contribution in [0.5, 0.6) is 0 Å². The van der Waals surface area contributed by atoms with E-state index < -0.39 is 0 Å². The number of carbonyl (C=O) groups is 1. The zero-order chi connectivity index (χ0) is 14.4. The van der Waals surface area contributed by atoms with Crippen molar-refractivity contribution in [3.63, 3.8) is 0 Å². The number of nitrogens with zero attached hydrogens (tertiary/aromatic N) is 1. The highest BCUT2D eigenvalue weighted by atomic mass is 16.2. The molecule has 4 rings (SSSR count).